The second-order valence-electron chi connectivity index (χ2n) is 3.03. The van der Waals surface area contributed by atoms with Crippen molar-refractivity contribution in [3.8, 4) is 11.8 Å². The van der Waals surface area contributed by atoms with Gasteiger partial charge in [-0.1, -0.05) is 0 Å². The second kappa shape index (κ2) is 5.14. The van der Waals surface area contributed by atoms with E-state index >= 15 is 0 Å². The number of hydrogen-bond acceptors (Lipinski definition) is 4. The van der Waals surface area contributed by atoms with Gasteiger partial charge in [0.1, 0.15) is 11.6 Å². The molecule has 1 aromatic heterocycles. The van der Waals surface area contributed by atoms with Crippen LogP contribution in [0.25, 0.3) is 0 Å². The molecule has 0 spiro atoms. The molecule has 0 aliphatic carbocycles. The molecule has 0 aromatic carbocycles. The van der Waals surface area contributed by atoms with Gasteiger partial charge in [0, 0.05) is 12.7 Å². The van der Waals surface area contributed by atoms with Gasteiger partial charge in [-0.3, -0.25) is 4.98 Å². The van der Waals surface area contributed by atoms with Gasteiger partial charge in [0.25, 0.3) is 6.43 Å². The monoisotopic (exact) mass is 267 g/mol. The number of ether oxygens (including phenoxy) is 1. The Labute approximate surface area is 97.8 Å². The second-order valence-corrected chi connectivity index (χ2v) is 3.03. The van der Waals surface area contributed by atoms with E-state index in [1.54, 1.807) is 0 Å². The summed E-state index contributed by atoms with van der Waals surface area (Å²) in [6, 6.07) is 1.24. The number of nitriles is 1. The maximum atomic E-state index is 12.5. The third kappa shape index (κ3) is 3.04. The van der Waals surface area contributed by atoms with Crippen LogP contribution in [-0.2, 0) is 6.54 Å². The van der Waals surface area contributed by atoms with E-state index in [1.165, 1.54) is 6.07 Å². The zero-order valence-electron chi connectivity index (χ0n) is 8.63. The van der Waals surface area contributed by atoms with Gasteiger partial charge >= 0.3 is 6.36 Å². The molecule has 2 N–H and O–H groups in total. The first-order chi connectivity index (χ1) is 8.30. The third-order valence-electron chi connectivity index (χ3n) is 1.90. The molecule has 0 bridgehead atoms. The summed E-state index contributed by atoms with van der Waals surface area (Å²) >= 11 is 0. The standard InChI is InChI=1S/C9H6F5N3O/c10-8(11)5-3-17-6(2-16)7(4(5)1-15)18-9(12,13)14/h3,8H,2,16H2. The lowest BCUT2D eigenvalue weighted by Gasteiger charge is -2.15. The van der Waals surface area contributed by atoms with E-state index in [4.69, 9.17) is 11.0 Å². The van der Waals surface area contributed by atoms with Crippen molar-refractivity contribution in [1.82, 2.24) is 4.98 Å². The third-order valence-corrected chi connectivity index (χ3v) is 1.90. The van der Waals surface area contributed by atoms with Crippen molar-refractivity contribution in [3.05, 3.63) is 23.0 Å². The van der Waals surface area contributed by atoms with Crippen molar-refractivity contribution in [3.63, 3.8) is 0 Å². The minimum Gasteiger partial charge on any atom is -0.402 e. The molecule has 0 fully saturated rings. The topological polar surface area (TPSA) is 71.9 Å². The summed E-state index contributed by atoms with van der Waals surface area (Å²) in [4.78, 5) is 3.33. The normalized spacial score (nSPS) is 11.4. The highest BCUT2D eigenvalue weighted by atomic mass is 19.4. The van der Waals surface area contributed by atoms with Gasteiger partial charge in [0.2, 0.25) is 0 Å². The number of pyridine rings is 1. The summed E-state index contributed by atoms with van der Waals surface area (Å²) in [5.41, 5.74) is 2.83. The Morgan fingerprint density at radius 1 is 1.44 bits per heavy atom. The molecular weight excluding hydrogens is 261 g/mol. The predicted octanol–water partition coefficient (Wildman–Crippen LogP) is 2.25. The molecule has 1 rings (SSSR count). The molecule has 1 aromatic rings. The Morgan fingerprint density at radius 2 is 2.06 bits per heavy atom. The molecule has 0 unspecified atom stereocenters. The number of nitrogens with zero attached hydrogens (tertiary/aromatic N) is 2. The highest BCUT2D eigenvalue weighted by Gasteiger charge is 2.35. The molecule has 1 heterocycles. The molecule has 9 heteroatoms. The average molecular weight is 267 g/mol. The molecule has 4 nitrogen and oxygen atoms in total. The van der Waals surface area contributed by atoms with E-state index < -0.39 is 41.9 Å². The minimum atomic E-state index is -5.13. The fraction of sp³-hybridized carbons (Fsp3) is 0.333. The van der Waals surface area contributed by atoms with Crippen LogP contribution in [0.2, 0.25) is 0 Å². The fourth-order valence-electron chi connectivity index (χ4n) is 1.20. The Bertz CT molecular complexity index is 480. The summed E-state index contributed by atoms with van der Waals surface area (Å²) in [5, 5.41) is 8.67. The van der Waals surface area contributed by atoms with E-state index in [0.717, 1.165) is 0 Å². The SMILES string of the molecule is N#Cc1c(C(F)F)cnc(CN)c1OC(F)(F)F. The van der Waals surface area contributed by atoms with Crippen LogP contribution < -0.4 is 10.5 Å². The summed E-state index contributed by atoms with van der Waals surface area (Å²) in [7, 11) is 0. The van der Waals surface area contributed by atoms with Gasteiger partial charge in [-0.15, -0.1) is 13.2 Å². The smallest absolute Gasteiger partial charge is 0.402 e. The van der Waals surface area contributed by atoms with Gasteiger partial charge in [0.05, 0.1) is 11.3 Å². The van der Waals surface area contributed by atoms with Crippen LogP contribution in [0.1, 0.15) is 23.2 Å². The van der Waals surface area contributed by atoms with Gasteiger partial charge in [-0.05, 0) is 0 Å². The van der Waals surface area contributed by atoms with Gasteiger partial charge < -0.3 is 10.5 Å². The van der Waals surface area contributed by atoms with Crippen LogP contribution >= 0.6 is 0 Å². The van der Waals surface area contributed by atoms with Crippen LogP contribution in [0.5, 0.6) is 5.75 Å². The van der Waals surface area contributed by atoms with E-state index in [9.17, 15) is 22.0 Å². The Balaban J connectivity index is 3.43. The fourth-order valence-corrected chi connectivity index (χ4v) is 1.20. The van der Waals surface area contributed by atoms with E-state index in [2.05, 4.69) is 9.72 Å². The Hall–Kier alpha value is -1.95. The first-order valence-corrected chi connectivity index (χ1v) is 4.46. The summed E-state index contributed by atoms with van der Waals surface area (Å²) < 4.78 is 64.9. The van der Waals surface area contributed by atoms with Gasteiger partial charge in [-0.25, -0.2) is 8.78 Å². The van der Waals surface area contributed by atoms with Crippen molar-refractivity contribution in [2.24, 2.45) is 5.73 Å². The maximum Gasteiger partial charge on any atom is 0.573 e. The number of alkyl halides is 5. The Kier molecular flexibility index (Phi) is 4.03. The van der Waals surface area contributed by atoms with Gasteiger partial charge in [-0.2, -0.15) is 5.26 Å². The molecule has 0 aliphatic heterocycles. The van der Waals surface area contributed by atoms with E-state index in [1.807, 2.05) is 0 Å². The van der Waals surface area contributed by atoms with Crippen molar-refractivity contribution < 1.29 is 26.7 Å². The number of aromatic nitrogens is 1. The van der Waals surface area contributed by atoms with E-state index in [0.29, 0.717) is 6.20 Å². The summed E-state index contributed by atoms with van der Waals surface area (Å²) in [6.07, 6.45) is -7.67. The molecule has 0 radical (unpaired) electrons. The highest BCUT2D eigenvalue weighted by molar-refractivity contribution is 5.51. The zero-order valence-corrected chi connectivity index (χ0v) is 8.63. The largest absolute Gasteiger partial charge is 0.573 e. The first-order valence-electron chi connectivity index (χ1n) is 4.46. The number of rotatable bonds is 3. The van der Waals surface area contributed by atoms with Crippen molar-refractivity contribution >= 4 is 0 Å². The number of hydrogen-bond donors (Lipinski definition) is 1. The molecule has 0 saturated carbocycles. The number of halogens is 5. The molecule has 0 aliphatic rings. The van der Waals surface area contributed by atoms with E-state index in [-0.39, 0.29) is 0 Å². The average Bonchev–Trinajstić information content (AvgIpc) is 2.26. The molecular formula is C9H6F5N3O. The van der Waals surface area contributed by atoms with Crippen LogP contribution in [0, 0.1) is 11.3 Å². The minimum absolute atomic E-state index is 0.423. The number of nitrogens with two attached hydrogens (primary N) is 1. The Morgan fingerprint density at radius 3 is 2.44 bits per heavy atom. The molecule has 0 amide bonds. The van der Waals surface area contributed by atoms with Crippen LogP contribution in [0.15, 0.2) is 6.20 Å². The van der Waals surface area contributed by atoms with Crippen LogP contribution in [-0.4, -0.2) is 11.3 Å². The zero-order chi connectivity index (χ0) is 13.9. The van der Waals surface area contributed by atoms with Crippen LogP contribution in [0.4, 0.5) is 22.0 Å². The summed E-state index contributed by atoms with van der Waals surface area (Å²) in [6.45, 7) is -0.483. The molecule has 98 valence electrons. The van der Waals surface area contributed by atoms with Crippen LogP contribution in [0.3, 0.4) is 0 Å². The van der Waals surface area contributed by atoms with Crippen molar-refractivity contribution in [2.45, 2.75) is 19.3 Å². The van der Waals surface area contributed by atoms with Gasteiger partial charge in [0.15, 0.2) is 5.75 Å². The quantitative estimate of drug-likeness (QED) is 0.852. The van der Waals surface area contributed by atoms with Crippen molar-refractivity contribution in [2.75, 3.05) is 0 Å². The molecule has 0 saturated heterocycles. The predicted molar refractivity (Wildman–Crippen MR) is 48.5 cm³/mol. The first kappa shape index (κ1) is 14.1. The maximum absolute atomic E-state index is 12.5. The molecule has 0 atom stereocenters. The lowest BCUT2D eigenvalue weighted by atomic mass is 10.1. The lowest BCUT2D eigenvalue weighted by molar-refractivity contribution is -0.275. The lowest BCUT2D eigenvalue weighted by Crippen LogP contribution is -2.20. The summed E-state index contributed by atoms with van der Waals surface area (Å²) in [5.74, 6) is -1.08. The van der Waals surface area contributed by atoms with Crippen molar-refractivity contribution in [1.29, 1.82) is 5.26 Å². The molecule has 18 heavy (non-hydrogen) atoms. The highest BCUT2D eigenvalue weighted by Crippen LogP contribution is 2.34.